The van der Waals surface area contributed by atoms with E-state index in [4.69, 9.17) is 10.5 Å². The van der Waals surface area contributed by atoms with Crippen LogP contribution in [0.5, 0.6) is 0 Å². The molecular formula is C9H13NOS. The Kier molecular flexibility index (Phi) is 4.00. The molecule has 0 spiro atoms. The van der Waals surface area contributed by atoms with Gasteiger partial charge in [-0.3, -0.25) is 0 Å². The average molecular weight is 183 g/mol. The largest absolute Gasteiger partial charge is 0.372 e. The van der Waals surface area contributed by atoms with Crippen molar-refractivity contribution < 1.29 is 4.74 Å². The van der Waals surface area contributed by atoms with E-state index in [1.807, 2.05) is 6.07 Å². The van der Waals surface area contributed by atoms with Crippen LogP contribution in [0.2, 0.25) is 0 Å². The summed E-state index contributed by atoms with van der Waals surface area (Å²) in [5, 5.41) is 0. The third-order valence-electron chi connectivity index (χ3n) is 1.40. The van der Waals surface area contributed by atoms with Gasteiger partial charge in [-0.2, -0.15) is 0 Å². The smallest absolute Gasteiger partial charge is 0.0813 e. The second-order valence-electron chi connectivity index (χ2n) is 2.38. The van der Waals surface area contributed by atoms with Crippen LogP contribution < -0.4 is 5.73 Å². The van der Waals surface area contributed by atoms with Crippen molar-refractivity contribution in [1.82, 2.24) is 0 Å². The maximum Gasteiger partial charge on any atom is 0.0813 e. The van der Waals surface area contributed by atoms with E-state index in [1.165, 1.54) is 9.75 Å². The zero-order chi connectivity index (χ0) is 8.81. The summed E-state index contributed by atoms with van der Waals surface area (Å²) in [5.41, 5.74) is 5.47. The second kappa shape index (κ2) is 5.09. The predicted molar refractivity (Wildman–Crippen MR) is 52.1 cm³/mol. The predicted octanol–water partition coefficient (Wildman–Crippen LogP) is 1.91. The highest BCUT2D eigenvalue weighted by molar-refractivity contribution is 7.11. The van der Waals surface area contributed by atoms with Gasteiger partial charge in [0, 0.05) is 16.3 Å². The standard InChI is InChI=1S/C9H13NOS/c1-2-5-11-7-9-4-3-8(6-10)12-9/h2-4H,1,5-7,10H2. The molecule has 0 aliphatic heterocycles. The van der Waals surface area contributed by atoms with E-state index in [0.717, 1.165) is 0 Å². The van der Waals surface area contributed by atoms with Crippen molar-refractivity contribution >= 4 is 11.3 Å². The Labute approximate surface area is 76.7 Å². The number of hydrogen-bond acceptors (Lipinski definition) is 3. The van der Waals surface area contributed by atoms with Crippen molar-refractivity contribution in [3.05, 3.63) is 34.5 Å². The van der Waals surface area contributed by atoms with Crippen LogP contribution in [-0.4, -0.2) is 6.61 Å². The lowest BCUT2D eigenvalue weighted by molar-refractivity contribution is 0.151. The van der Waals surface area contributed by atoms with Gasteiger partial charge in [0.05, 0.1) is 13.2 Å². The van der Waals surface area contributed by atoms with Crippen LogP contribution in [0.4, 0.5) is 0 Å². The van der Waals surface area contributed by atoms with Crippen LogP contribution >= 0.6 is 11.3 Å². The summed E-state index contributed by atoms with van der Waals surface area (Å²) < 4.78 is 5.28. The summed E-state index contributed by atoms with van der Waals surface area (Å²) in [6, 6.07) is 4.09. The monoisotopic (exact) mass is 183 g/mol. The maximum atomic E-state index is 5.47. The van der Waals surface area contributed by atoms with Crippen molar-refractivity contribution in [2.24, 2.45) is 5.73 Å². The molecule has 0 fully saturated rings. The van der Waals surface area contributed by atoms with Gasteiger partial charge in [0.25, 0.3) is 0 Å². The summed E-state index contributed by atoms with van der Waals surface area (Å²) in [5.74, 6) is 0. The first kappa shape index (κ1) is 9.45. The topological polar surface area (TPSA) is 35.2 Å². The van der Waals surface area contributed by atoms with Gasteiger partial charge in [-0.05, 0) is 12.1 Å². The Morgan fingerprint density at radius 1 is 1.50 bits per heavy atom. The first-order valence-electron chi connectivity index (χ1n) is 3.83. The molecule has 2 nitrogen and oxygen atoms in total. The lowest BCUT2D eigenvalue weighted by Gasteiger charge is -1.96. The Balaban J connectivity index is 2.36. The minimum absolute atomic E-state index is 0.607. The number of thiophene rings is 1. The molecule has 0 aliphatic rings. The highest BCUT2D eigenvalue weighted by Gasteiger charge is 1.97. The SMILES string of the molecule is C=CCOCc1ccc(CN)s1. The molecule has 0 radical (unpaired) electrons. The van der Waals surface area contributed by atoms with E-state index >= 15 is 0 Å². The molecule has 0 aromatic carbocycles. The van der Waals surface area contributed by atoms with E-state index < -0.39 is 0 Å². The molecular weight excluding hydrogens is 170 g/mol. The van der Waals surface area contributed by atoms with Gasteiger partial charge < -0.3 is 10.5 Å². The minimum Gasteiger partial charge on any atom is -0.372 e. The summed E-state index contributed by atoms with van der Waals surface area (Å²) in [6.07, 6.45) is 1.75. The zero-order valence-electron chi connectivity index (χ0n) is 6.95. The highest BCUT2D eigenvalue weighted by Crippen LogP contribution is 2.16. The molecule has 1 rings (SSSR count). The number of hydrogen-bond donors (Lipinski definition) is 1. The van der Waals surface area contributed by atoms with Crippen molar-refractivity contribution in [2.75, 3.05) is 6.61 Å². The molecule has 0 aliphatic carbocycles. The Morgan fingerprint density at radius 3 is 2.83 bits per heavy atom. The van der Waals surface area contributed by atoms with Crippen molar-refractivity contribution in [2.45, 2.75) is 13.2 Å². The second-order valence-corrected chi connectivity index (χ2v) is 3.63. The van der Waals surface area contributed by atoms with Gasteiger partial charge in [-0.25, -0.2) is 0 Å². The highest BCUT2D eigenvalue weighted by atomic mass is 32.1. The molecule has 0 unspecified atom stereocenters. The molecule has 0 amide bonds. The van der Waals surface area contributed by atoms with Crippen molar-refractivity contribution in [1.29, 1.82) is 0 Å². The number of nitrogens with two attached hydrogens (primary N) is 1. The fourth-order valence-electron chi connectivity index (χ4n) is 0.852. The van der Waals surface area contributed by atoms with E-state index in [2.05, 4.69) is 12.6 Å². The number of rotatable bonds is 5. The molecule has 0 saturated carbocycles. The molecule has 0 atom stereocenters. The molecule has 0 bridgehead atoms. The summed E-state index contributed by atoms with van der Waals surface area (Å²) in [6.45, 7) is 5.46. The average Bonchev–Trinajstić information content (AvgIpc) is 2.53. The summed E-state index contributed by atoms with van der Waals surface area (Å²) in [7, 11) is 0. The van der Waals surface area contributed by atoms with Crippen LogP contribution in [0.3, 0.4) is 0 Å². The van der Waals surface area contributed by atoms with Gasteiger partial charge >= 0.3 is 0 Å². The Bertz CT molecular complexity index is 244. The summed E-state index contributed by atoms with van der Waals surface area (Å²) in [4.78, 5) is 2.42. The van der Waals surface area contributed by atoms with E-state index in [1.54, 1.807) is 17.4 Å². The molecule has 0 saturated heterocycles. The zero-order valence-corrected chi connectivity index (χ0v) is 7.77. The quantitative estimate of drug-likeness (QED) is 0.559. The molecule has 3 heteroatoms. The Morgan fingerprint density at radius 2 is 2.25 bits per heavy atom. The normalized spacial score (nSPS) is 10.1. The minimum atomic E-state index is 0.607. The van der Waals surface area contributed by atoms with Crippen LogP contribution in [0.1, 0.15) is 9.75 Å². The molecule has 1 aromatic rings. The van der Waals surface area contributed by atoms with Gasteiger partial charge in [0.1, 0.15) is 0 Å². The molecule has 1 aromatic heterocycles. The lowest BCUT2D eigenvalue weighted by atomic mass is 10.4. The first-order chi connectivity index (χ1) is 5.86. The van der Waals surface area contributed by atoms with Crippen LogP contribution in [0, 0.1) is 0 Å². The van der Waals surface area contributed by atoms with Gasteiger partial charge in [0.15, 0.2) is 0 Å². The van der Waals surface area contributed by atoms with Crippen LogP contribution in [0.15, 0.2) is 24.8 Å². The van der Waals surface area contributed by atoms with Crippen LogP contribution in [0.25, 0.3) is 0 Å². The fourth-order valence-corrected chi connectivity index (χ4v) is 1.69. The van der Waals surface area contributed by atoms with Gasteiger partial charge in [0.2, 0.25) is 0 Å². The van der Waals surface area contributed by atoms with Gasteiger partial charge in [-0.15, -0.1) is 17.9 Å². The van der Waals surface area contributed by atoms with Crippen LogP contribution in [-0.2, 0) is 17.9 Å². The third-order valence-corrected chi connectivity index (χ3v) is 2.48. The summed E-state index contributed by atoms with van der Waals surface area (Å²) >= 11 is 1.70. The first-order valence-corrected chi connectivity index (χ1v) is 4.64. The molecule has 2 N–H and O–H groups in total. The van der Waals surface area contributed by atoms with E-state index in [0.29, 0.717) is 19.8 Å². The van der Waals surface area contributed by atoms with E-state index in [9.17, 15) is 0 Å². The van der Waals surface area contributed by atoms with E-state index in [-0.39, 0.29) is 0 Å². The van der Waals surface area contributed by atoms with Crippen molar-refractivity contribution in [3.8, 4) is 0 Å². The molecule has 1 heterocycles. The fraction of sp³-hybridized carbons (Fsp3) is 0.333. The lowest BCUT2D eigenvalue weighted by Crippen LogP contribution is -1.91. The molecule has 12 heavy (non-hydrogen) atoms. The number of ether oxygens (including phenoxy) is 1. The van der Waals surface area contributed by atoms with Crippen molar-refractivity contribution in [3.63, 3.8) is 0 Å². The van der Waals surface area contributed by atoms with Gasteiger partial charge in [-0.1, -0.05) is 6.08 Å². The third kappa shape index (κ3) is 2.77. The maximum absolute atomic E-state index is 5.47. The molecule has 66 valence electrons. The Hall–Kier alpha value is -0.640.